The number of rotatable bonds is 3. The first-order valence-corrected chi connectivity index (χ1v) is 5.87. The molecule has 1 saturated heterocycles. The molecule has 0 N–H and O–H groups in total. The zero-order chi connectivity index (χ0) is 13.2. The van der Waals surface area contributed by atoms with Gasteiger partial charge in [0.15, 0.2) is 5.41 Å². The van der Waals surface area contributed by atoms with Gasteiger partial charge in [0, 0.05) is 13.6 Å². The average Bonchev–Trinajstić information content (AvgIpc) is 2.28. The Morgan fingerprint density at radius 3 is 2.78 bits per heavy atom. The molecule has 0 radical (unpaired) electrons. The van der Waals surface area contributed by atoms with E-state index in [4.69, 9.17) is 10.00 Å². The Balaban J connectivity index is 2.06. The number of benzene rings is 1. The van der Waals surface area contributed by atoms with Gasteiger partial charge in [0.25, 0.3) is 0 Å². The van der Waals surface area contributed by atoms with Crippen LogP contribution in [0.3, 0.4) is 0 Å². The third-order valence-electron chi connectivity index (χ3n) is 3.17. The molecule has 1 aromatic carbocycles. The van der Waals surface area contributed by atoms with Gasteiger partial charge in [-0.15, -0.1) is 0 Å². The number of nitriles is 1. The number of carbonyl (C=O) groups is 1. The van der Waals surface area contributed by atoms with Gasteiger partial charge in [-0.05, 0) is 12.5 Å². The molecule has 4 nitrogen and oxygen atoms in total. The van der Waals surface area contributed by atoms with Gasteiger partial charge in [0.2, 0.25) is 5.91 Å². The summed E-state index contributed by atoms with van der Waals surface area (Å²) in [6.45, 7) is 2.95. The van der Waals surface area contributed by atoms with Crippen LogP contribution in [0.25, 0.3) is 0 Å². The van der Waals surface area contributed by atoms with Gasteiger partial charge in [-0.1, -0.05) is 29.8 Å². The van der Waals surface area contributed by atoms with E-state index in [0.717, 1.165) is 11.1 Å². The minimum atomic E-state index is -0.960. The number of aryl methyl sites for hydroxylation is 1. The van der Waals surface area contributed by atoms with Gasteiger partial charge < -0.3 is 9.64 Å². The van der Waals surface area contributed by atoms with Gasteiger partial charge in [0.1, 0.15) is 0 Å². The first-order valence-electron chi connectivity index (χ1n) is 5.87. The molecule has 0 aliphatic carbocycles. The number of carbonyl (C=O) groups excluding carboxylic acids is 1. The predicted molar refractivity (Wildman–Crippen MR) is 66.5 cm³/mol. The monoisotopic (exact) mass is 244 g/mol. The molecule has 0 aromatic heterocycles. The summed E-state index contributed by atoms with van der Waals surface area (Å²) in [5.74, 6) is -0.155. The molecular weight excluding hydrogens is 228 g/mol. The summed E-state index contributed by atoms with van der Waals surface area (Å²) in [6.07, 6.45) is 0. The van der Waals surface area contributed by atoms with Crippen molar-refractivity contribution in [3.63, 3.8) is 0 Å². The molecule has 1 heterocycles. The van der Waals surface area contributed by atoms with Crippen LogP contribution >= 0.6 is 0 Å². The summed E-state index contributed by atoms with van der Waals surface area (Å²) in [5, 5.41) is 9.09. The summed E-state index contributed by atoms with van der Waals surface area (Å²) in [7, 11) is 1.72. The maximum Gasteiger partial charge on any atom is 0.247 e. The van der Waals surface area contributed by atoms with Gasteiger partial charge in [0.05, 0.1) is 19.3 Å². The lowest BCUT2D eigenvalue weighted by molar-refractivity contribution is -0.160. The molecule has 2 rings (SSSR count). The van der Waals surface area contributed by atoms with Gasteiger partial charge in [-0.2, -0.15) is 5.26 Å². The van der Waals surface area contributed by atoms with Crippen molar-refractivity contribution < 1.29 is 9.53 Å². The molecule has 1 aromatic rings. The molecule has 1 aliphatic heterocycles. The molecule has 0 saturated carbocycles. The zero-order valence-corrected chi connectivity index (χ0v) is 10.6. The van der Waals surface area contributed by atoms with Gasteiger partial charge in [-0.3, -0.25) is 4.79 Å². The zero-order valence-electron chi connectivity index (χ0n) is 10.6. The van der Waals surface area contributed by atoms with E-state index in [1.165, 1.54) is 0 Å². The van der Waals surface area contributed by atoms with E-state index in [1.807, 2.05) is 31.2 Å². The van der Waals surface area contributed by atoms with Crippen LogP contribution in [0.1, 0.15) is 11.1 Å². The minimum Gasteiger partial charge on any atom is -0.377 e. The molecule has 1 fully saturated rings. The van der Waals surface area contributed by atoms with Gasteiger partial charge >= 0.3 is 0 Å². The fourth-order valence-corrected chi connectivity index (χ4v) is 2.06. The largest absolute Gasteiger partial charge is 0.377 e. The SMILES string of the molecule is Cc1cccc(CN(C)C(=O)C2(C#N)COC2)c1. The molecule has 0 unspecified atom stereocenters. The summed E-state index contributed by atoms with van der Waals surface area (Å²) < 4.78 is 5.00. The summed E-state index contributed by atoms with van der Waals surface area (Å²) in [5.41, 5.74) is 1.27. The lowest BCUT2D eigenvalue weighted by Gasteiger charge is -2.36. The second-order valence-electron chi connectivity index (χ2n) is 4.84. The molecule has 1 amide bonds. The van der Waals surface area contributed by atoms with Crippen molar-refractivity contribution in [1.29, 1.82) is 5.26 Å². The normalized spacial score (nSPS) is 16.5. The van der Waals surface area contributed by atoms with E-state index in [2.05, 4.69) is 6.07 Å². The highest BCUT2D eigenvalue weighted by Crippen LogP contribution is 2.29. The predicted octanol–water partition coefficient (Wildman–Crippen LogP) is 1.49. The first-order chi connectivity index (χ1) is 8.57. The van der Waals surface area contributed by atoms with Crippen molar-refractivity contribution in [1.82, 2.24) is 4.90 Å². The molecule has 0 spiro atoms. The van der Waals surface area contributed by atoms with Crippen molar-refractivity contribution in [2.75, 3.05) is 20.3 Å². The minimum absolute atomic E-state index is 0.155. The summed E-state index contributed by atoms with van der Waals surface area (Å²) in [6, 6.07) is 10.1. The Kier molecular flexibility index (Phi) is 3.35. The van der Waals surface area contributed by atoms with Crippen LogP contribution < -0.4 is 0 Å². The topological polar surface area (TPSA) is 53.3 Å². The molecule has 1 aliphatic rings. The number of hydrogen-bond donors (Lipinski definition) is 0. The fourth-order valence-electron chi connectivity index (χ4n) is 2.06. The van der Waals surface area contributed by atoms with E-state index in [0.29, 0.717) is 6.54 Å². The highest BCUT2D eigenvalue weighted by molar-refractivity contribution is 5.86. The smallest absolute Gasteiger partial charge is 0.247 e. The van der Waals surface area contributed by atoms with Crippen LogP contribution in [0.4, 0.5) is 0 Å². The number of hydrogen-bond acceptors (Lipinski definition) is 3. The second-order valence-corrected chi connectivity index (χ2v) is 4.84. The number of ether oxygens (including phenoxy) is 1. The lowest BCUT2D eigenvalue weighted by Crippen LogP contribution is -2.53. The quantitative estimate of drug-likeness (QED) is 0.809. The maximum absolute atomic E-state index is 12.2. The third-order valence-corrected chi connectivity index (χ3v) is 3.17. The van der Waals surface area contributed by atoms with E-state index < -0.39 is 5.41 Å². The molecule has 18 heavy (non-hydrogen) atoms. The average molecular weight is 244 g/mol. The van der Waals surface area contributed by atoms with E-state index in [-0.39, 0.29) is 19.1 Å². The molecule has 0 bridgehead atoms. The second kappa shape index (κ2) is 4.79. The van der Waals surface area contributed by atoms with Crippen LogP contribution in [0, 0.1) is 23.7 Å². The Bertz CT molecular complexity index is 501. The Morgan fingerprint density at radius 1 is 1.56 bits per heavy atom. The van der Waals surface area contributed by atoms with Gasteiger partial charge in [-0.25, -0.2) is 0 Å². The third kappa shape index (κ3) is 2.22. The van der Waals surface area contributed by atoms with Crippen LogP contribution in [-0.4, -0.2) is 31.1 Å². The Hall–Kier alpha value is -1.86. The summed E-state index contributed by atoms with van der Waals surface area (Å²) in [4.78, 5) is 13.8. The van der Waals surface area contributed by atoms with Crippen molar-refractivity contribution in [2.45, 2.75) is 13.5 Å². The Morgan fingerprint density at radius 2 is 2.28 bits per heavy atom. The molecule has 4 heteroatoms. The van der Waals surface area contributed by atoms with E-state index >= 15 is 0 Å². The molecule has 94 valence electrons. The molecular formula is C14H16N2O2. The fraction of sp³-hybridized carbons (Fsp3) is 0.429. The standard InChI is InChI=1S/C14H16N2O2/c1-11-4-3-5-12(6-11)7-16(2)13(17)14(8-15)9-18-10-14/h3-6H,7,9-10H2,1-2H3. The Labute approximate surface area is 107 Å². The van der Waals surface area contributed by atoms with Crippen LogP contribution in [0.15, 0.2) is 24.3 Å². The number of nitrogens with zero attached hydrogens (tertiary/aromatic N) is 2. The van der Waals surface area contributed by atoms with Crippen LogP contribution in [-0.2, 0) is 16.1 Å². The van der Waals surface area contributed by atoms with Crippen molar-refractivity contribution in [3.05, 3.63) is 35.4 Å². The first kappa shape index (κ1) is 12.6. The van der Waals surface area contributed by atoms with Crippen molar-refractivity contribution in [3.8, 4) is 6.07 Å². The van der Waals surface area contributed by atoms with Crippen molar-refractivity contribution >= 4 is 5.91 Å². The maximum atomic E-state index is 12.2. The highest BCUT2D eigenvalue weighted by atomic mass is 16.5. The van der Waals surface area contributed by atoms with Crippen LogP contribution in [0.5, 0.6) is 0 Å². The lowest BCUT2D eigenvalue weighted by atomic mass is 9.86. The van der Waals surface area contributed by atoms with E-state index in [9.17, 15) is 4.79 Å². The number of amides is 1. The summed E-state index contributed by atoms with van der Waals surface area (Å²) >= 11 is 0. The van der Waals surface area contributed by atoms with Crippen LogP contribution in [0.2, 0.25) is 0 Å². The van der Waals surface area contributed by atoms with E-state index in [1.54, 1.807) is 11.9 Å². The molecule has 0 atom stereocenters. The highest BCUT2D eigenvalue weighted by Gasteiger charge is 2.48. The van der Waals surface area contributed by atoms with Crippen molar-refractivity contribution in [2.24, 2.45) is 5.41 Å².